The maximum absolute atomic E-state index is 11.4. The molecule has 0 aliphatic carbocycles. The van der Waals surface area contributed by atoms with Crippen LogP contribution < -0.4 is 11.1 Å². The molecule has 1 unspecified atom stereocenters. The van der Waals surface area contributed by atoms with Crippen LogP contribution in [0.2, 0.25) is 0 Å². The molecule has 1 atom stereocenters. The van der Waals surface area contributed by atoms with Crippen molar-refractivity contribution >= 4 is 18.3 Å². The minimum Gasteiger partial charge on any atom is -0.340 e. The molecule has 5 heteroatoms. The van der Waals surface area contributed by atoms with Gasteiger partial charge >= 0.3 is 0 Å². The molecule has 0 aromatic heterocycles. The van der Waals surface area contributed by atoms with Gasteiger partial charge in [-0.15, -0.1) is 12.4 Å². The summed E-state index contributed by atoms with van der Waals surface area (Å²) >= 11 is 0. The Morgan fingerprint density at radius 2 is 2.38 bits per heavy atom. The first-order valence-electron chi connectivity index (χ1n) is 4.42. The lowest BCUT2D eigenvalue weighted by molar-refractivity contribution is -0.131. The van der Waals surface area contributed by atoms with E-state index in [0.29, 0.717) is 6.54 Å². The van der Waals surface area contributed by atoms with Crippen LogP contribution in [0.15, 0.2) is 0 Å². The van der Waals surface area contributed by atoms with Gasteiger partial charge in [-0.2, -0.15) is 0 Å². The number of likely N-dealkylation sites (N-methyl/N-ethyl adjacent to an activating group) is 1. The summed E-state index contributed by atoms with van der Waals surface area (Å²) in [5, 5.41) is 2.85. The van der Waals surface area contributed by atoms with Crippen LogP contribution >= 0.6 is 12.4 Å². The summed E-state index contributed by atoms with van der Waals surface area (Å²) < 4.78 is 0. The highest BCUT2D eigenvalue weighted by Crippen LogP contribution is 2.07. The number of nitrogens with two attached hydrogens (primary N) is 1. The normalized spacial score (nSPS) is 22.3. The van der Waals surface area contributed by atoms with E-state index in [-0.39, 0.29) is 24.4 Å². The maximum atomic E-state index is 11.4. The average Bonchev–Trinajstić information content (AvgIpc) is 2.05. The lowest BCUT2D eigenvalue weighted by atomic mass is 10.1. The Morgan fingerprint density at radius 3 is 2.92 bits per heavy atom. The van der Waals surface area contributed by atoms with Gasteiger partial charge in [0.25, 0.3) is 0 Å². The fourth-order valence-electron chi connectivity index (χ4n) is 1.50. The van der Waals surface area contributed by atoms with Gasteiger partial charge in [0.1, 0.15) is 0 Å². The van der Waals surface area contributed by atoms with Crippen LogP contribution in [0.1, 0.15) is 12.8 Å². The van der Waals surface area contributed by atoms with Crippen LogP contribution in [0.3, 0.4) is 0 Å². The second kappa shape index (κ2) is 6.18. The first-order valence-corrected chi connectivity index (χ1v) is 4.42. The van der Waals surface area contributed by atoms with Gasteiger partial charge in [0.05, 0.1) is 6.54 Å². The van der Waals surface area contributed by atoms with Gasteiger partial charge in [0.2, 0.25) is 5.91 Å². The van der Waals surface area contributed by atoms with E-state index in [9.17, 15) is 4.79 Å². The van der Waals surface area contributed by atoms with Crippen LogP contribution in [0, 0.1) is 0 Å². The smallest absolute Gasteiger partial charge is 0.236 e. The van der Waals surface area contributed by atoms with Gasteiger partial charge in [-0.3, -0.25) is 4.79 Å². The molecule has 78 valence electrons. The standard InChI is InChI=1S/C8H17N3O.ClH/c1-10-5-8(12)11-4-2-3-7(9)6-11;/h7,10H,2-6,9H2,1H3;1H. The van der Waals surface area contributed by atoms with Crippen molar-refractivity contribution in [1.82, 2.24) is 10.2 Å². The number of likely N-dealkylation sites (tertiary alicyclic amines) is 1. The predicted molar refractivity (Wildman–Crippen MR) is 55.0 cm³/mol. The molecule has 1 fully saturated rings. The molecule has 1 aliphatic heterocycles. The van der Waals surface area contributed by atoms with Crippen LogP contribution in [0.4, 0.5) is 0 Å². The van der Waals surface area contributed by atoms with Crippen molar-refractivity contribution in [2.24, 2.45) is 5.73 Å². The number of piperidine rings is 1. The summed E-state index contributed by atoms with van der Waals surface area (Å²) in [7, 11) is 1.78. The monoisotopic (exact) mass is 207 g/mol. The van der Waals surface area contributed by atoms with Gasteiger partial charge in [0, 0.05) is 19.1 Å². The molecule has 0 radical (unpaired) electrons. The van der Waals surface area contributed by atoms with Crippen molar-refractivity contribution in [3.05, 3.63) is 0 Å². The Balaban J connectivity index is 0.00000144. The molecular formula is C8H18ClN3O. The van der Waals surface area contributed by atoms with Crippen LogP contribution in [-0.4, -0.2) is 43.5 Å². The van der Waals surface area contributed by atoms with E-state index in [1.165, 1.54) is 0 Å². The van der Waals surface area contributed by atoms with Gasteiger partial charge < -0.3 is 16.0 Å². The lowest BCUT2D eigenvalue weighted by Crippen LogP contribution is -2.48. The highest BCUT2D eigenvalue weighted by molar-refractivity contribution is 5.85. The highest BCUT2D eigenvalue weighted by Gasteiger charge is 2.19. The Morgan fingerprint density at radius 1 is 1.69 bits per heavy atom. The number of nitrogens with one attached hydrogen (secondary N) is 1. The van der Waals surface area contributed by atoms with E-state index >= 15 is 0 Å². The van der Waals surface area contributed by atoms with Crippen molar-refractivity contribution in [2.75, 3.05) is 26.7 Å². The zero-order valence-corrected chi connectivity index (χ0v) is 8.77. The number of halogens is 1. The van der Waals surface area contributed by atoms with E-state index < -0.39 is 0 Å². The van der Waals surface area contributed by atoms with E-state index in [1.807, 2.05) is 4.90 Å². The Bertz CT molecular complexity index is 165. The molecule has 0 saturated carbocycles. The molecule has 13 heavy (non-hydrogen) atoms. The molecule has 0 spiro atoms. The van der Waals surface area contributed by atoms with Crippen molar-refractivity contribution in [2.45, 2.75) is 18.9 Å². The topological polar surface area (TPSA) is 58.4 Å². The van der Waals surface area contributed by atoms with Crippen LogP contribution in [0.25, 0.3) is 0 Å². The van der Waals surface area contributed by atoms with Gasteiger partial charge in [-0.1, -0.05) is 0 Å². The molecule has 0 aromatic carbocycles. The minimum absolute atomic E-state index is 0. The second-order valence-corrected chi connectivity index (χ2v) is 3.27. The summed E-state index contributed by atoms with van der Waals surface area (Å²) in [6, 6.07) is 0.180. The Labute approximate surface area is 85.3 Å². The SMILES string of the molecule is CNCC(=O)N1CCCC(N)C1.Cl. The van der Waals surface area contributed by atoms with E-state index in [2.05, 4.69) is 5.32 Å². The molecule has 1 aliphatic rings. The first kappa shape index (κ1) is 12.7. The zero-order valence-electron chi connectivity index (χ0n) is 7.95. The Kier molecular flexibility index (Phi) is 6.03. The number of hydrogen-bond acceptors (Lipinski definition) is 3. The first-order chi connectivity index (χ1) is 5.74. The van der Waals surface area contributed by atoms with Crippen molar-refractivity contribution in [3.8, 4) is 0 Å². The number of amides is 1. The third-order valence-corrected chi connectivity index (χ3v) is 2.14. The van der Waals surface area contributed by atoms with E-state index in [1.54, 1.807) is 7.05 Å². The summed E-state index contributed by atoms with van der Waals surface area (Å²) in [6.07, 6.45) is 2.08. The van der Waals surface area contributed by atoms with Gasteiger partial charge in [-0.05, 0) is 19.9 Å². The third-order valence-electron chi connectivity index (χ3n) is 2.14. The lowest BCUT2D eigenvalue weighted by Gasteiger charge is -2.30. The summed E-state index contributed by atoms with van der Waals surface area (Å²) in [6.45, 7) is 2.02. The number of nitrogens with zero attached hydrogens (tertiary/aromatic N) is 1. The quantitative estimate of drug-likeness (QED) is 0.647. The zero-order chi connectivity index (χ0) is 8.97. The fourth-order valence-corrected chi connectivity index (χ4v) is 1.50. The number of hydrogen-bond donors (Lipinski definition) is 2. The van der Waals surface area contributed by atoms with Gasteiger partial charge in [0.15, 0.2) is 0 Å². The van der Waals surface area contributed by atoms with Crippen molar-refractivity contribution in [3.63, 3.8) is 0 Å². The molecule has 1 heterocycles. The summed E-state index contributed by atoms with van der Waals surface area (Å²) in [4.78, 5) is 13.2. The van der Waals surface area contributed by atoms with E-state index in [4.69, 9.17) is 5.73 Å². The molecule has 1 saturated heterocycles. The molecule has 4 nitrogen and oxygen atoms in total. The summed E-state index contributed by atoms with van der Waals surface area (Å²) in [5.41, 5.74) is 5.74. The van der Waals surface area contributed by atoms with Crippen LogP contribution in [0.5, 0.6) is 0 Å². The number of carbonyl (C=O) groups excluding carboxylic acids is 1. The minimum atomic E-state index is 0. The summed E-state index contributed by atoms with van der Waals surface area (Å²) in [5.74, 6) is 0.160. The number of rotatable bonds is 2. The molecule has 0 bridgehead atoms. The Hall–Kier alpha value is -0.320. The molecule has 3 N–H and O–H groups in total. The predicted octanol–water partition coefficient (Wildman–Crippen LogP) is -0.423. The van der Waals surface area contributed by atoms with Gasteiger partial charge in [-0.25, -0.2) is 0 Å². The maximum Gasteiger partial charge on any atom is 0.236 e. The molecule has 0 aromatic rings. The molecule has 1 amide bonds. The van der Waals surface area contributed by atoms with Crippen molar-refractivity contribution in [1.29, 1.82) is 0 Å². The molecular weight excluding hydrogens is 190 g/mol. The van der Waals surface area contributed by atoms with Crippen molar-refractivity contribution < 1.29 is 4.79 Å². The highest BCUT2D eigenvalue weighted by atomic mass is 35.5. The fraction of sp³-hybridized carbons (Fsp3) is 0.875. The second-order valence-electron chi connectivity index (χ2n) is 3.27. The third kappa shape index (κ3) is 3.93. The molecule has 1 rings (SSSR count). The largest absolute Gasteiger partial charge is 0.340 e. The average molecular weight is 208 g/mol. The van der Waals surface area contributed by atoms with E-state index in [0.717, 1.165) is 25.9 Å². The number of carbonyl (C=O) groups is 1. The van der Waals surface area contributed by atoms with Crippen LogP contribution in [-0.2, 0) is 4.79 Å².